The van der Waals surface area contributed by atoms with E-state index in [9.17, 15) is 4.79 Å². The molecule has 0 aliphatic heterocycles. The lowest BCUT2D eigenvalue weighted by Gasteiger charge is -2.05. The topological polar surface area (TPSA) is 63.1 Å². The summed E-state index contributed by atoms with van der Waals surface area (Å²) in [6, 6.07) is 10.0. The first-order valence-corrected chi connectivity index (χ1v) is 8.02. The molecule has 0 aliphatic carbocycles. The van der Waals surface area contributed by atoms with Gasteiger partial charge in [-0.05, 0) is 19.1 Å². The van der Waals surface area contributed by atoms with Crippen LogP contribution in [0.2, 0.25) is 0 Å². The van der Waals surface area contributed by atoms with Crippen molar-refractivity contribution in [2.45, 2.75) is 22.6 Å². The Labute approximate surface area is 129 Å². The Morgan fingerprint density at radius 1 is 1.33 bits per heavy atom. The molecule has 0 bridgehead atoms. The first-order chi connectivity index (χ1) is 10.1. The van der Waals surface area contributed by atoms with E-state index in [1.807, 2.05) is 37.3 Å². The predicted molar refractivity (Wildman–Crippen MR) is 84.1 cm³/mol. The summed E-state index contributed by atoms with van der Waals surface area (Å²) in [7, 11) is 0. The second kappa shape index (κ2) is 5.83. The molecule has 3 aromatic rings. The first kappa shape index (κ1) is 14.0. The highest BCUT2D eigenvalue weighted by Gasteiger charge is 2.10. The molecule has 0 aliphatic rings. The number of nitrogens with zero attached hydrogens (tertiary/aromatic N) is 2. The molecule has 0 fully saturated rings. The number of para-hydroxylation sites is 1. The number of hydrogen-bond acceptors (Lipinski definition) is 5. The lowest BCUT2D eigenvalue weighted by molar-refractivity contribution is -0.136. The number of carboxylic acids is 1. The van der Waals surface area contributed by atoms with E-state index in [2.05, 4.69) is 9.97 Å². The van der Waals surface area contributed by atoms with Crippen molar-refractivity contribution in [3.8, 4) is 0 Å². The number of aliphatic carboxylic acids is 1. The Morgan fingerprint density at radius 2 is 2.14 bits per heavy atom. The lowest BCUT2D eigenvalue weighted by atomic mass is 10.2. The molecule has 0 spiro atoms. The highest BCUT2D eigenvalue weighted by atomic mass is 32.2. The van der Waals surface area contributed by atoms with Gasteiger partial charge in [-0.3, -0.25) is 9.78 Å². The molecular formula is C15H12N2O2S2. The molecule has 4 nitrogen and oxygen atoms in total. The van der Waals surface area contributed by atoms with Crippen LogP contribution in [0.5, 0.6) is 0 Å². The Kier molecular flexibility index (Phi) is 3.90. The van der Waals surface area contributed by atoms with Crippen molar-refractivity contribution in [1.29, 1.82) is 0 Å². The van der Waals surface area contributed by atoms with Gasteiger partial charge in [0.05, 0.1) is 17.6 Å². The number of fused-ring (bicyclic) bond motifs is 1. The van der Waals surface area contributed by atoms with Gasteiger partial charge in [-0.2, -0.15) is 0 Å². The van der Waals surface area contributed by atoms with Crippen LogP contribution in [0.15, 0.2) is 44.9 Å². The Hall–Kier alpha value is -1.92. The van der Waals surface area contributed by atoms with Crippen LogP contribution in [0.4, 0.5) is 0 Å². The molecule has 6 heteroatoms. The average Bonchev–Trinajstić information content (AvgIpc) is 2.85. The van der Waals surface area contributed by atoms with Crippen LogP contribution in [-0.4, -0.2) is 21.0 Å². The van der Waals surface area contributed by atoms with Crippen molar-refractivity contribution >= 4 is 40.0 Å². The van der Waals surface area contributed by atoms with Crippen LogP contribution >= 0.6 is 23.1 Å². The van der Waals surface area contributed by atoms with Gasteiger partial charge < -0.3 is 5.11 Å². The molecule has 0 atom stereocenters. The van der Waals surface area contributed by atoms with Gasteiger partial charge in [0.15, 0.2) is 4.34 Å². The van der Waals surface area contributed by atoms with Crippen LogP contribution in [0.25, 0.3) is 10.9 Å². The molecule has 2 aromatic heterocycles. The summed E-state index contributed by atoms with van der Waals surface area (Å²) in [5, 5.41) is 11.7. The van der Waals surface area contributed by atoms with Gasteiger partial charge in [-0.15, -0.1) is 11.3 Å². The molecule has 2 heterocycles. The summed E-state index contributed by atoms with van der Waals surface area (Å²) in [6.45, 7) is 1.97. The number of rotatable bonds is 4. The van der Waals surface area contributed by atoms with Gasteiger partial charge in [-0.25, -0.2) is 4.98 Å². The Bertz CT molecular complexity index is 814. The number of aromatic nitrogens is 2. The van der Waals surface area contributed by atoms with Crippen LogP contribution in [0.3, 0.4) is 0 Å². The van der Waals surface area contributed by atoms with E-state index < -0.39 is 5.97 Å². The zero-order valence-corrected chi connectivity index (χ0v) is 12.9. The van der Waals surface area contributed by atoms with E-state index >= 15 is 0 Å². The molecular weight excluding hydrogens is 304 g/mol. The number of aryl methyl sites for hydroxylation is 1. The van der Waals surface area contributed by atoms with E-state index in [1.54, 1.807) is 17.1 Å². The molecule has 21 heavy (non-hydrogen) atoms. The third-order valence-corrected chi connectivity index (χ3v) is 4.91. The molecule has 106 valence electrons. The highest BCUT2D eigenvalue weighted by molar-refractivity contribution is 8.01. The minimum absolute atomic E-state index is 0.0345. The van der Waals surface area contributed by atoms with Crippen molar-refractivity contribution in [1.82, 2.24) is 9.97 Å². The molecule has 0 unspecified atom stereocenters. The Morgan fingerprint density at radius 3 is 2.95 bits per heavy atom. The second-order valence-electron chi connectivity index (χ2n) is 4.56. The summed E-state index contributed by atoms with van der Waals surface area (Å²) >= 11 is 3.02. The second-order valence-corrected chi connectivity index (χ2v) is 6.70. The van der Waals surface area contributed by atoms with Crippen LogP contribution < -0.4 is 0 Å². The molecule has 0 saturated carbocycles. The maximum atomic E-state index is 10.7. The van der Waals surface area contributed by atoms with E-state index in [-0.39, 0.29) is 6.42 Å². The number of thiazole rings is 1. The van der Waals surface area contributed by atoms with Crippen molar-refractivity contribution < 1.29 is 9.90 Å². The van der Waals surface area contributed by atoms with Crippen molar-refractivity contribution in [3.05, 3.63) is 47.1 Å². The zero-order chi connectivity index (χ0) is 14.8. The fraction of sp³-hybridized carbons (Fsp3) is 0.133. The normalized spacial score (nSPS) is 10.9. The summed E-state index contributed by atoms with van der Waals surface area (Å²) in [5.74, 6) is -0.859. The number of hydrogen-bond donors (Lipinski definition) is 1. The molecule has 1 N–H and O–H groups in total. The van der Waals surface area contributed by atoms with Crippen LogP contribution in [-0.2, 0) is 11.2 Å². The standard InChI is InChI=1S/C15H12N2O2S2/c1-9-6-13(11-4-2-3-5-12(11)16-9)21-15-17-10(8-20-15)7-14(18)19/h2-6,8H,7H2,1H3,(H,18,19). The van der Waals surface area contributed by atoms with E-state index in [1.165, 1.54) is 11.3 Å². The monoisotopic (exact) mass is 316 g/mol. The summed E-state index contributed by atoms with van der Waals surface area (Å²) in [6.07, 6.45) is -0.0345. The van der Waals surface area contributed by atoms with Gasteiger partial charge in [-0.1, -0.05) is 30.0 Å². The number of carboxylic acid groups (broad SMARTS) is 1. The molecule has 1 aromatic carbocycles. The van der Waals surface area contributed by atoms with Gasteiger partial charge >= 0.3 is 5.97 Å². The SMILES string of the molecule is Cc1cc(Sc2nc(CC(=O)O)cs2)c2ccccc2n1. The zero-order valence-electron chi connectivity index (χ0n) is 11.2. The maximum absolute atomic E-state index is 10.7. The number of benzene rings is 1. The maximum Gasteiger partial charge on any atom is 0.309 e. The van der Waals surface area contributed by atoms with Crippen molar-refractivity contribution in [3.63, 3.8) is 0 Å². The van der Waals surface area contributed by atoms with Gasteiger partial charge in [0.2, 0.25) is 0 Å². The van der Waals surface area contributed by atoms with Crippen molar-refractivity contribution in [2.24, 2.45) is 0 Å². The fourth-order valence-electron chi connectivity index (χ4n) is 2.02. The van der Waals surface area contributed by atoms with Gasteiger partial charge in [0, 0.05) is 21.4 Å². The third kappa shape index (κ3) is 3.22. The molecule has 0 amide bonds. The third-order valence-electron chi connectivity index (χ3n) is 2.87. The minimum Gasteiger partial charge on any atom is -0.481 e. The summed E-state index contributed by atoms with van der Waals surface area (Å²) < 4.78 is 0.849. The lowest BCUT2D eigenvalue weighted by Crippen LogP contribution is -1.99. The molecule has 0 saturated heterocycles. The van der Waals surface area contributed by atoms with E-state index in [4.69, 9.17) is 5.11 Å². The molecule has 3 rings (SSSR count). The van der Waals surface area contributed by atoms with Crippen molar-refractivity contribution in [2.75, 3.05) is 0 Å². The minimum atomic E-state index is -0.859. The average molecular weight is 316 g/mol. The van der Waals surface area contributed by atoms with Gasteiger partial charge in [0.1, 0.15) is 0 Å². The van der Waals surface area contributed by atoms with Gasteiger partial charge in [0.25, 0.3) is 0 Å². The highest BCUT2D eigenvalue weighted by Crippen LogP contribution is 2.35. The quantitative estimate of drug-likeness (QED) is 0.793. The Balaban J connectivity index is 1.94. The fourth-order valence-corrected chi connectivity index (χ4v) is 4.03. The van der Waals surface area contributed by atoms with E-state index in [0.29, 0.717) is 5.69 Å². The largest absolute Gasteiger partial charge is 0.481 e. The number of pyridine rings is 1. The summed E-state index contributed by atoms with van der Waals surface area (Å²) in [4.78, 5) is 20.7. The van der Waals surface area contributed by atoms with Crippen LogP contribution in [0, 0.1) is 6.92 Å². The predicted octanol–water partition coefficient (Wildman–Crippen LogP) is 3.78. The first-order valence-electron chi connectivity index (χ1n) is 6.32. The summed E-state index contributed by atoms with van der Waals surface area (Å²) in [5.41, 5.74) is 2.52. The molecule has 0 radical (unpaired) electrons. The number of carbonyl (C=O) groups is 1. The van der Waals surface area contributed by atoms with Crippen LogP contribution in [0.1, 0.15) is 11.4 Å². The smallest absolute Gasteiger partial charge is 0.309 e. The van der Waals surface area contributed by atoms with E-state index in [0.717, 1.165) is 25.8 Å².